The summed E-state index contributed by atoms with van der Waals surface area (Å²) in [7, 11) is -2.72. The molecule has 0 bridgehead atoms. The van der Waals surface area contributed by atoms with Crippen LogP contribution in [0.2, 0.25) is 10.0 Å². The number of benzene rings is 1. The molecule has 0 saturated carbocycles. The third-order valence-electron chi connectivity index (χ3n) is 1.43. The predicted octanol–water partition coefficient (Wildman–Crippen LogP) is -1.94. The summed E-state index contributed by atoms with van der Waals surface area (Å²) < 4.78 is 23.6. The van der Waals surface area contributed by atoms with Crippen LogP contribution in [0.5, 0.6) is 0 Å². The molecule has 0 radical (unpaired) electrons. The monoisotopic (exact) mass is 289 g/mol. The van der Waals surface area contributed by atoms with Crippen LogP contribution in [-0.2, 0) is 10.5 Å². The summed E-state index contributed by atoms with van der Waals surface area (Å²) in [6.07, 6.45) is 0. The van der Waals surface area contributed by atoms with Crippen LogP contribution < -0.4 is 34.7 Å². The molecule has 1 aromatic carbocycles. The van der Waals surface area contributed by atoms with Crippen molar-refractivity contribution in [3.8, 4) is 0 Å². The fraction of sp³-hybridized carbons (Fsp3) is 0. The summed E-state index contributed by atoms with van der Waals surface area (Å²) >= 11 is 11.1. The second-order valence-electron chi connectivity index (χ2n) is 2.38. The summed E-state index contributed by atoms with van der Waals surface area (Å²) in [6.45, 7) is 0. The molecular weight excluding hydrogens is 288 g/mol. The van der Waals surface area contributed by atoms with Gasteiger partial charge >= 0.3 is 40.1 Å². The van der Waals surface area contributed by atoms with Gasteiger partial charge in [-0.15, -0.1) is 4.36 Å². The van der Waals surface area contributed by atoms with Crippen LogP contribution in [0.15, 0.2) is 16.5 Å². The first-order valence-electron chi connectivity index (χ1n) is 3.43. The van der Waals surface area contributed by atoms with E-state index in [-0.39, 0.29) is 50.9 Å². The number of halogens is 2. The van der Waals surface area contributed by atoms with Gasteiger partial charge in [-0.2, -0.15) is 8.42 Å². The predicted molar refractivity (Wildman–Crippen MR) is 51.8 cm³/mol. The number of carbonyl (C=O) groups is 1. The van der Waals surface area contributed by atoms with Gasteiger partial charge in [-0.25, -0.2) is 0 Å². The Bertz CT molecular complexity index is 550. The van der Waals surface area contributed by atoms with Gasteiger partial charge in [0.2, 0.25) is 0 Å². The molecule has 0 spiro atoms. The molecule has 0 amide bonds. The summed E-state index contributed by atoms with van der Waals surface area (Å²) in [5, 5.41) is 10.3. The Morgan fingerprint density at radius 3 is 2.25 bits per heavy atom. The molecule has 0 unspecified atom stereocenters. The Balaban J connectivity index is 0.00000225. The normalized spacial score (nSPS) is 9.12. The van der Waals surface area contributed by atoms with Crippen LogP contribution in [0.4, 0.5) is 5.69 Å². The molecule has 0 aliphatic heterocycles. The van der Waals surface area contributed by atoms with Crippen molar-refractivity contribution in [3.05, 3.63) is 27.7 Å². The maximum Gasteiger partial charge on any atom is 1.00 e. The number of nitrogens with zero attached hydrogens (tertiary/aromatic N) is 1. The second kappa shape index (κ2) is 6.58. The third kappa shape index (κ3) is 4.04. The van der Waals surface area contributed by atoms with Gasteiger partial charge in [-0.05, 0) is 12.1 Å². The van der Waals surface area contributed by atoms with E-state index in [0.29, 0.717) is 0 Å². The minimum absolute atomic E-state index is 0. The van der Waals surface area contributed by atoms with Crippen LogP contribution in [-0.4, -0.2) is 14.4 Å². The first-order valence-corrected chi connectivity index (χ1v) is 5.22. The topological polar surface area (TPSA) is 86.6 Å². The number of hydrogen-bond donors (Lipinski definition) is 0. The van der Waals surface area contributed by atoms with Gasteiger partial charge in [0.25, 0.3) is 0 Å². The van der Waals surface area contributed by atoms with Gasteiger partial charge in [-0.3, -0.25) is 0 Å². The first kappa shape index (κ1) is 15.9. The minimum Gasteiger partial charge on any atom is -0.545 e. The average molecular weight is 290 g/mol. The fourth-order valence-electron chi connectivity index (χ4n) is 0.844. The smallest absolute Gasteiger partial charge is 0.545 e. The molecule has 0 aromatic heterocycles. The number of carboxylic acids is 1. The summed E-state index contributed by atoms with van der Waals surface area (Å²) in [5.74, 6) is -1.54. The van der Waals surface area contributed by atoms with E-state index in [1.807, 2.05) is 0 Å². The Morgan fingerprint density at radius 2 is 1.81 bits per heavy atom. The van der Waals surface area contributed by atoms with E-state index in [9.17, 15) is 18.3 Å². The van der Waals surface area contributed by atoms with Crippen molar-refractivity contribution in [1.82, 2.24) is 0 Å². The molecule has 0 heterocycles. The van der Waals surface area contributed by atoms with E-state index in [1.54, 1.807) is 0 Å². The van der Waals surface area contributed by atoms with Crippen molar-refractivity contribution < 1.29 is 47.9 Å². The Kier molecular flexibility index (Phi) is 6.54. The molecule has 0 aliphatic rings. The third-order valence-corrected chi connectivity index (χ3v) is 2.39. The second-order valence-corrected chi connectivity index (χ2v) is 3.81. The van der Waals surface area contributed by atoms with E-state index in [2.05, 4.69) is 4.36 Å². The Hall–Kier alpha value is -0.110. The largest absolute Gasteiger partial charge is 1.00 e. The quantitative estimate of drug-likeness (QED) is 0.593. The van der Waals surface area contributed by atoms with Gasteiger partial charge in [0.1, 0.15) is 5.69 Å². The zero-order valence-corrected chi connectivity index (χ0v) is 12.2. The van der Waals surface area contributed by atoms with Crippen LogP contribution in [0.25, 0.3) is 0 Å². The molecule has 0 N–H and O–H groups in total. The van der Waals surface area contributed by atoms with Crippen molar-refractivity contribution in [3.63, 3.8) is 0 Å². The minimum atomic E-state index is -2.72. The summed E-state index contributed by atoms with van der Waals surface area (Å²) in [5.41, 5.74) is -0.570. The van der Waals surface area contributed by atoms with Crippen molar-refractivity contribution in [2.24, 2.45) is 4.36 Å². The molecule has 80 valence electrons. The molecule has 0 atom stereocenters. The molecule has 1 rings (SSSR count). The fourth-order valence-corrected chi connectivity index (χ4v) is 1.71. The maximum atomic E-state index is 10.5. The molecule has 0 saturated heterocycles. The molecule has 5 nitrogen and oxygen atoms in total. The van der Waals surface area contributed by atoms with Crippen molar-refractivity contribution in [2.45, 2.75) is 0 Å². The molecule has 0 fully saturated rings. The molecular formula is C7H2Cl2NNaO4S. The van der Waals surface area contributed by atoms with Crippen LogP contribution in [0, 0.1) is 0 Å². The average Bonchev–Trinajstić information content (AvgIpc) is 2.08. The summed E-state index contributed by atoms with van der Waals surface area (Å²) in [6, 6.07) is 2.01. The van der Waals surface area contributed by atoms with Crippen LogP contribution in [0.3, 0.4) is 0 Å². The number of carboxylic acid groups (broad SMARTS) is 1. The van der Waals surface area contributed by atoms with Gasteiger partial charge in [0.05, 0.1) is 16.0 Å². The zero-order chi connectivity index (χ0) is 11.6. The molecule has 9 heteroatoms. The van der Waals surface area contributed by atoms with Gasteiger partial charge in [0.15, 0.2) is 0 Å². The van der Waals surface area contributed by atoms with E-state index in [4.69, 9.17) is 23.2 Å². The van der Waals surface area contributed by atoms with Gasteiger partial charge in [-0.1, -0.05) is 23.2 Å². The van der Waals surface area contributed by atoms with E-state index < -0.39 is 16.5 Å². The van der Waals surface area contributed by atoms with Crippen molar-refractivity contribution in [2.75, 3.05) is 0 Å². The standard InChI is InChI=1S/C7H3Cl2NO4S.Na/c8-4-2-5(9)6(10-15(13)14)1-3(4)7(11)12;/h1-2H,(H,11,12);/q;+1/p-1. The SMILES string of the molecule is O=C([O-])c1cc(N=S(=O)=O)c(Cl)cc1Cl.[Na+]. The Morgan fingerprint density at radius 1 is 1.25 bits per heavy atom. The number of hydrogen-bond acceptors (Lipinski definition) is 5. The van der Waals surface area contributed by atoms with Gasteiger partial charge < -0.3 is 9.90 Å². The van der Waals surface area contributed by atoms with Crippen LogP contribution >= 0.6 is 23.2 Å². The number of rotatable bonds is 2. The summed E-state index contributed by atoms with van der Waals surface area (Å²) in [4.78, 5) is 10.5. The maximum absolute atomic E-state index is 10.5. The van der Waals surface area contributed by atoms with E-state index in [0.717, 1.165) is 12.1 Å². The zero-order valence-electron chi connectivity index (χ0n) is 7.90. The van der Waals surface area contributed by atoms with E-state index >= 15 is 0 Å². The molecule has 0 aliphatic carbocycles. The first-order chi connectivity index (χ1) is 6.91. The van der Waals surface area contributed by atoms with Gasteiger partial charge in [0, 0.05) is 5.56 Å². The van der Waals surface area contributed by atoms with E-state index in [1.165, 1.54) is 0 Å². The van der Waals surface area contributed by atoms with Crippen LogP contribution in [0.1, 0.15) is 10.4 Å². The molecule has 16 heavy (non-hydrogen) atoms. The number of aromatic carboxylic acids is 1. The van der Waals surface area contributed by atoms with Crippen molar-refractivity contribution in [1.29, 1.82) is 0 Å². The Labute approximate surface area is 124 Å². The molecule has 1 aromatic rings. The van der Waals surface area contributed by atoms with Crippen molar-refractivity contribution >= 4 is 45.4 Å². The number of carbonyl (C=O) groups excluding carboxylic acids is 1.